The maximum absolute atomic E-state index is 13.1. The molecule has 0 N–H and O–H groups in total. The first-order chi connectivity index (χ1) is 15.5. The number of hydrogen-bond donors (Lipinski definition) is 0. The molecule has 0 spiro atoms. The molecule has 0 aliphatic heterocycles. The van der Waals surface area contributed by atoms with Gasteiger partial charge in [-0.25, -0.2) is 0 Å². The largest absolute Gasteiger partial charge is 0.461 e. The van der Waals surface area contributed by atoms with Gasteiger partial charge in [0.15, 0.2) is 0 Å². The number of carbonyl (C=O) groups excluding carboxylic acids is 1. The Morgan fingerprint density at radius 3 is 1.75 bits per heavy atom. The van der Waals surface area contributed by atoms with Crippen molar-refractivity contribution in [3.8, 4) is 0 Å². The van der Waals surface area contributed by atoms with E-state index in [0.717, 1.165) is 18.4 Å². The molecular formula is C29H35NO2. The first-order valence-corrected chi connectivity index (χ1v) is 11.5. The van der Waals surface area contributed by atoms with Crippen LogP contribution in [0.1, 0.15) is 43.4 Å². The molecule has 2 atom stereocenters. The summed E-state index contributed by atoms with van der Waals surface area (Å²) in [5, 5.41) is 0. The minimum absolute atomic E-state index is 0.184. The van der Waals surface area contributed by atoms with Gasteiger partial charge in [0, 0.05) is 6.04 Å². The van der Waals surface area contributed by atoms with Crippen molar-refractivity contribution >= 4 is 5.97 Å². The van der Waals surface area contributed by atoms with Crippen LogP contribution in [0.25, 0.3) is 0 Å². The van der Waals surface area contributed by atoms with E-state index in [4.69, 9.17) is 4.74 Å². The van der Waals surface area contributed by atoms with E-state index in [2.05, 4.69) is 81.4 Å². The maximum atomic E-state index is 13.1. The summed E-state index contributed by atoms with van der Waals surface area (Å²) >= 11 is 0. The number of esters is 1. The second kappa shape index (κ2) is 11.1. The highest BCUT2D eigenvalue weighted by molar-refractivity contribution is 5.73. The number of rotatable bonds is 10. The van der Waals surface area contributed by atoms with Gasteiger partial charge in [0.05, 0.1) is 11.8 Å². The van der Waals surface area contributed by atoms with Crippen LogP contribution in [0, 0.1) is 0 Å². The summed E-state index contributed by atoms with van der Waals surface area (Å²) in [6, 6.07) is 31.2. The Labute approximate surface area is 193 Å². The second-order valence-electron chi connectivity index (χ2n) is 8.77. The van der Waals surface area contributed by atoms with Crippen molar-refractivity contribution in [3.05, 3.63) is 108 Å². The smallest absolute Gasteiger partial charge is 0.310 e. The number of nitrogens with zero attached hydrogens (tertiary/aromatic N) is 1. The molecule has 3 aromatic rings. The topological polar surface area (TPSA) is 29.5 Å². The molecule has 0 aliphatic rings. The molecule has 32 heavy (non-hydrogen) atoms. The van der Waals surface area contributed by atoms with Crippen molar-refractivity contribution in [2.45, 2.75) is 50.7 Å². The standard InChI is InChI=1S/C29H35NO2/c1-5-27(32-28(31)21-24-15-9-6-10-16-24)29(22-23(2)30(3)4,25-17-11-7-12-18-25)26-19-13-8-14-20-26/h6-20,23,27H,5,21-22H2,1-4H3. The molecule has 3 rings (SSSR count). The Hall–Kier alpha value is -2.91. The minimum atomic E-state index is -0.451. The van der Waals surface area contributed by atoms with Crippen LogP contribution in [0.15, 0.2) is 91.0 Å². The predicted octanol–water partition coefficient (Wildman–Crippen LogP) is 5.88. The van der Waals surface area contributed by atoms with Crippen LogP contribution in [0.3, 0.4) is 0 Å². The van der Waals surface area contributed by atoms with Gasteiger partial charge in [-0.3, -0.25) is 4.79 Å². The van der Waals surface area contributed by atoms with E-state index in [1.54, 1.807) is 0 Å². The third kappa shape index (κ3) is 5.46. The Morgan fingerprint density at radius 2 is 1.31 bits per heavy atom. The molecule has 0 aromatic heterocycles. The van der Waals surface area contributed by atoms with Crippen molar-refractivity contribution in [2.75, 3.05) is 14.1 Å². The van der Waals surface area contributed by atoms with E-state index in [-0.39, 0.29) is 24.5 Å². The molecule has 168 valence electrons. The lowest BCUT2D eigenvalue weighted by molar-refractivity contribution is -0.152. The van der Waals surface area contributed by atoms with Crippen molar-refractivity contribution in [1.82, 2.24) is 4.90 Å². The van der Waals surface area contributed by atoms with E-state index >= 15 is 0 Å². The van der Waals surface area contributed by atoms with Crippen molar-refractivity contribution in [3.63, 3.8) is 0 Å². The SMILES string of the molecule is CCC(OC(=O)Cc1ccccc1)C(CC(C)N(C)C)(c1ccccc1)c1ccccc1. The molecule has 0 saturated heterocycles. The van der Waals surface area contributed by atoms with Crippen molar-refractivity contribution in [1.29, 1.82) is 0 Å². The van der Waals surface area contributed by atoms with Gasteiger partial charge >= 0.3 is 5.97 Å². The van der Waals surface area contributed by atoms with Gasteiger partial charge in [0.2, 0.25) is 0 Å². The molecule has 2 unspecified atom stereocenters. The Kier molecular flexibility index (Phi) is 8.24. The van der Waals surface area contributed by atoms with Gasteiger partial charge in [0.1, 0.15) is 6.10 Å². The lowest BCUT2D eigenvalue weighted by atomic mass is 9.65. The van der Waals surface area contributed by atoms with Crippen LogP contribution in [0.2, 0.25) is 0 Å². The molecule has 3 aromatic carbocycles. The molecule has 0 amide bonds. The predicted molar refractivity (Wildman–Crippen MR) is 132 cm³/mol. The fourth-order valence-electron chi connectivity index (χ4n) is 4.52. The normalized spacial score (nSPS) is 13.5. The average Bonchev–Trinajstić information content (AvgIpc) is 2.82. The Morgan fingerprint density at radius 1 is 0.844 bits per heavy atom. The first-order valence-electron chi connectivity index (χ1n) is 11.5. The van der Waals surface area contributed by atoms with Crippen molar-refractivity contribution < 1.29 is 9.53 Å². The molecule has 3 heteroatoms. The summed E-state index contributed by atoms with van der Waals surface area (Å²) in [4.78, 5) is 15.3. The zero-order valence-electron chi connectivity index (χ0n) is 19.7. The maximum Gasteiger partial charge on any atom is 0.310 e. The summed E-state index contributed by atoms with van der Waals surface area (Å²) in [5.74, 6) is -0.184. The summed E-state index contributed by atoms with van der Waals surface area (Å²) in [6.07, 6.45) is 1.56. The Bertz CT molecular complexity index is 915. The number of hydrogen-bond acceptors (Lipinski definition) is 3. The van der Waals surface area contributed by atoms with E-state index in [1.807, 2.05) is 42.5 Å². The number of ether oxygens (including phenoxy) is 1. The summed E-state index contributed by atoms with van der Waals surface area (Å²) in [5.41, 5.74) is 2.88. The molecule has 0 saturated carbocycles. The molecule has 0 aliphatic carbocycles. The molecule has 3 nitrogen and oxygen atoms in total. The monoisotopic (exact) mass is 429 g/mol. The summed E-state index contributed by atoms with van der Waals surface area (Å²) < 4.78 is 6.30. The third-order valence-corrected chi connectivity index (χ3v) is 6.46. The van der Waals surface area contributed by atoms with Crippen LogP contribution in [-0.4, -0.2) is 37.1 Å². The molecule has 0 heterocycles. The average molecular weight is 430 g/mol. The number of benzene rings is 3. The molecule has 0 radical (unpaired) electrons. The quantitative estimate of drug-likeness (QED) is 0.377. The fraction of sp³-hybridized carbons (Fsp3) is 0.345. The van der Waals surface area contributed by atoms with Crippen LogP contribution in [0.4, 0.5) is 0 Å². The van der Waals surface area contributed by atoms with E-state index in [0.29, 0.717) is 0 Å². The van der Waals surface area contributed by atoms with Gasteiger partial charge in [-0.1, -0.05) is 97.9 Å². The third-order valence-electron chi connectivity index (χ3n) is 6.46. The lowest BCUT2D eigenvalue weighted by Crippen LogP contribution is -2.47. The Balaban J connectivity index is 2.07. The van der Waals surface area contributed by atoms with Gasteiger partial charge < -0.3 is 9.64 Å². The summed E-state index contributed by atoms with van der Waals surface area (Å²) in [6.45, 7) is 4.35. The van der Waals surface area contributed by atoms with E-state index in [9.17, 15) is 4.79 Å². The zero-order chi connectivity index (χ0) is 23.0. The fourth-order valence-corrected chi connectivity index (χ4v) is 4.52. The highest BCUT2D eigenvalue weighted by Gasteiger charge is 2.44. The van der Waals surface area contributed by atoms with Crippen LogP contribution in [-0.2, 0) is 21.4 Å². The van der Waals surface area contributed by atoms with Crippen LogP contribution in [0.5, 0.6) is 0 Å². The van der Waals surface area contributed by atoms with Crippen LogP contribution < -0.4 is 0 Å². The zero-order valence-corrected chi connectivity index (χ0v) is 19.7. The first kappa shape index (κ1) is 23.7. The van der Waals surface area contributed by atoms with Gasteiger partial charge in [-0.05, 0) is 50.6 Å². The molecule has 0 bridgehead atoms. The lowest BCUT2D eigenvalue weighted by Gasteiger charge is -2.43. The summed E-state index contributed by atoms with van der Waals surface area (Å²) in [7, 11) is 4.21. The molecule has 0 fully saturated rings. The number of carbonyl (C=O) groups is 1. The molecular weight excluding hydrogens is 394 g/mol. The van der Waals surface area contributed by atoms with E-state index in [1.165, 1.54) is 11.1 Å². The van der Waals surface area contributed by atoms with Crippen LogP contribution >= 0.6 is 0 Å². The van der Waals surface area contributed by atoms with Gasteiger partial charge in [-0.15, -0.1) is 0 Å². The second-order valence-corrected chi connectivity index (χ2v) is 8.77. The highest BCUT2D eigenvalue weighted by Crippen LogP contribution is 2.43. The van der Waals surface area contributed by atoms with Crippen molar-refractivity contribution in [2.24, 2.45) is 0 Å². The van der Waals surface area contributed by atoms with Gasteiger partial charge in [-0.2, -0.15) is 0 Å². The minimum Gasteiger partial charge on any atom is -0.461 e. The highest BCUT2D eigenvalue weighted by atomic mass is 16.5. The van der Waals surface area contributed by atoms with Gasteiger partial charge in [0.25, 0.3) is 0 Å². The van der Waals surface area contributed by atoms with E-state index < -0.39 is 5.41 Å².